The van der Waals surface area contributed by atoms with E-state index in [-0.39, 0.29) is 87.4 Å². The molecule has 3 aromatic carbocycles. The average molecular weight is 1490 g/mol. The van der Waals surface area contributed by atoms with Crippen molar-refractivity contribution in [1.82, 2.24) is 0 Å². The molecule has 0 aromatic heterocycles. The highest BCUT2D eigenvalue weighted by Gasteiger charge is 2.63. The van der Waals surface area contributed by atoms with Crippen molar-refractivity contribution in [3.63, 3.8) is 0 Å². The first-order valence-corrected chi connectivity index (χ1v) is 40.7. The first-order valence-electron chi connectivity index (χ1n) is 40.7. The average Bonchev–Trinajstić information content (AvgIpc) is 1.52. The zero-order chi connectivity index (χ0) is 76.3. The number of amides is 1. The number of ether oxygens (including phenoxy) is 2. The molecule has 13 aliphatic carbocycles. The standard InChI is InChI=1S/C26H41NO3.2C21H32O2.C15H13NO2.C7H5NO4.ClH/c1-15(2)23(27)24(29)30-18-10-12-25(4)17(14-18)6-7-19-21-9-8-20(16(3)28)26(21,5)13-11-22(19)25;2*1-13(22)17-6-7-18-16-5-4-14-12-15(23)8-10-20(14,2)19(16)9-11-21(17,18)3;16-15(17)18-9-14-12-7-3-1-5-10(12)11-6-2-4-8-13(11)14;9-7(10)5-1-3-6(4-2-5)8(11)12;/h14-15,18-23H,6-13,27H2,1-5H3;2*12,15-19,23H,4-11H2,1-3H3;1-8,14H,9H2,(H2,16,17);1-4H,(H,9,10);1H/t18-,19?,20-,21?,22?,23+,25+,26-;15-,16?,17+,18?,19?,20-,21+;15-,16?,17-,18?,19?,20+,21-;;;/m101.../s1. The number of carbonyl (C=O) groups is 6. The van der Waals surface area contributed by atoms with Gasteiger partial charge in [-0.05, 0) is 307 Å². The number of carboxylic acids is 1. The molecule has 16 nitrogen and oxygen atoms in total. The number of aliphatic hydroxyl groups is 2. The van der Waals surface area contributed by atoms with Crippen LogP contribution in [0.4, 0.5) is 10.5 Å². The summed E-state index contributed by atoms with van der Waals surface area (Å²) < 4.78 is 10.8. The van der Waals surface area contributed by atoms with Crippen LogP contribution in [0, 0.1) is 120 Å². The summed E-state index contributed by atoms with van der Waals surface area (Å²) in [6.45, 7) is 24.3. The maximum atomic E-state index is 12.4. The quantitative estimate of drug-likeness (QED) is 0.0546. The van der Waals surface area contributed by atoms with Crippen molar-refractivity contribution in [2.75, 3.05) is 6.61 Å². The van der Waals surface area contributed by atoms with Gasteiger partial charge in [0.25, 0.3) is 5.69 Å². The highest BCUT2D eigenvalue weighted by atomic mass is 35.5. The molecule has 0 heterocycles. The van der Waals surface area contributed by atoms with E-state index in [4.69, 9.17) is 26.0 Å². The predicted molar refractivity (Wildman–Crippen MR) is 419 cm³/mol. The molecule has 0 aliphatic heterocycles. The smallest absolute Gasteiger partial charge is 0.404 e. The number of primary amides is 1. The first kappa shape index (κ1) is 81.7. The molecular weight excluding hydrogens is 1370 g/mol. The molecule has 0 saturated heterocycles. The Labute approximate surface area is 642 Å². The van der Waals surface area contributed by atoms with Gasteiger partial charge in [-0.25, -0.2) is 9.59 Å². The van der Waals surface area contributed by atoms with Crippen molar-refractivity contribution in [1.29, 1.82) is 0 Å². The first-order chi connectivity index (χ1) is 50.2. The lowest BCUT2D eigenvalue weighted by atomic mass is 9.46. The van der Waals surface area contributed by atoms with Crippen molar-refractivity contribution < 1.29 is 58.5 Å². The van der Waals surface area contributed by atoms with Crippen LogP contribution in [-0.2, 0) is 28.7 Å². The number of benzene rings is 3. The van der Waals surface area contributed by atoms with Gasteiger partial charge in [-0.15, -0.1) is 12.4 Å². The van der Waals surface area contributed by atoms with Gasteiger partial charge in [0, 0.05) is 35.8 Å². The number of Topliss-reactive ketones (excluding diaryl/α,β-unsaturated/α-hetero) is 3. The van der Waals surface area contributed by atoms with Gasteiger partial charge < -0.3 is 36.3 Å². The lowest BCUT2D eigenvalue weighted by Gasteiger charge is -2.58. The number of esters is 1. The number of hydrogen-bond donors (Lipinski definition) is 5. The predicted octanol–water partition coefficient (Wildman–Crippen LogP) is 18.7. The summed E-state index contributed by atoms with van der Waals surface area (Å²) in [5.41, 5.74) is 22.0. The second-order valence-electron chi connectivity index (χ2n) is 36.9. The third-order valence-corrected chi connectivity index (χ3v) is 31.7. The van der Waals surface area contributed by atoms with Crippen LogP contribution in [0.5, 0.6) is 0 Å². The van der Waals surface area contributed by atoms with E-state index in [2.05, 4.69) is 84.0 Å². The number of allylic oxidation sites excluding steroid dienone is 3. The largest absolute Gasteiger partial charge is 0.478 e. The number of nitrogens with two attached hydrogens (primary N) is 2. The van der Waals surface area contributed by atoms with Crippen LogP contribution in [0.15, 0.2) is 108 Å². The fourth-order valence-electron chi connectivity index (χ4n) is 26.0. The lowest BCUT2D eigenvalue weighted by molar-refractivity contribution is -0.384. The Balaban J connectivity index is 0.000000136. The fourth-order valence-corrected chi connectivity index (χ4v) is 26.0. The maximum Gasteiger partial charge on any atom is 0.404 e. The number of nitro groups is 1. The van der Waals surface area contributed by atoms with Crippen molar-refractivity contribution in [2.24, 2.45) is 121 Å². The molecule has 1 amide bonds. The second kappa shape index (κ2) is 32.2. The van der Waals surface area contributed by atoms with Crippen LogP contribution in [0.2, 0.25) is 0 Å². The molecule has 0 bridgehead atoms. The number of ketones is 3. The van der Waals surface area contributed by atoms with Gasteiger partial charge in [0.1, 0.15) is 36.1 Å². The number of carbonyl (C=O) groups excluding carboxylic acids is 5. The zero-order valence-electron chi connectivity index (χ0n) is 65.7. The maximum absolute atomic E-state index is 12.4. The second-order valence-corrected chi connectivity index (χ2v) is 36.9. The van der Waals surface area contributed by atoms with Crippen LogP contribution < -0.4 is 11.5 Å². The van der Waals surface area contributed by atoms with Crippen LogP contribution in [0.1, 0.15) is 258 Å². The molecule has 107 heavy (non-hydrogen) atoms. The zero-order valence-corrected chi connectivity index (χ0v) is 66.5. The highest BCUT2D eigenvalue weighted by molar-refractivity contribution is 5.88. The van der Waals surface area contributed by atoms with E-state index in [0.29, 0.717) is 58.5 Å². The Bertz CT molecular complexity index is 3740. The van der Waals surface area contributed by atoms with E-state index in [0.717, 1.165) is 118 Å². The van der Waals surface area contributed by atoms with Crippen LogP contribution in [0.25, 0.3) is 11.1 Å². The summed E-state index contributed by atoms with van der Waals surface area (Å²) in [5, 5.41) is 38.6. The molecule has 16 rings (SSSR count). The van der Waals surface area contributed by atoms with Gasteiger partial charge in [0.15, 0.2) is 0 Å². The summed E-state index contributed by atoms with van der Waals surface area (Å²) in [5.74, 6) is 7.78. The Morgan fingerprint density at radius 3 is 1.24 bits per heavy atom. The van der Waals surface area contributed by atoms with E-state index in [1.165, 1.54) is 130 Å². The number of aromatic carboxylic acids is 1. The fraction of sp³-hybridized carbons (Fsp3) is 0.667. The lowest BCUT2D eigenvalue weighted by Crippen LogP contribution is -2.51. The van der Waals surface area contributed by atoms with E-state index < -0.39 is 23.0 Å². The summed E-state index contributed by atoms with van der Waals surface area (Å²) >= 11 is 0. The topological polar surface area (TPSA) is 277 Å². The summed E-state index contributed by atoms with van der Waals surface area (Å²) in [6, 6.07) is 20.5. The Morgan fingerprint density at radius 1 is 0.514 bits per heavy atom. The molecule has 13 aliphatic rings. The Hall–Kier alpha value is -6.33. The molecule has 584 valence electrons. The molecule has 9 unspecified atom stereocenters. The number of hydrogen-bond acceptors (Lipinski definition) is 13. The van der Waals surface area contributed by atoms with E-state index >= 15 is 0 Å². The monoisotopic (exact) mass is 1490 g/mol. The number of nitrogens with zero attached hydrogens (tertiary/aromatic N) is 1. The van der Waals surface area contributed by atoms with E-state index in [1.807, 2.05) is 52.0 Å². The van der Waals surface area contributed by atoms with Crippen LogP contribution in [-0.4, -0.2) is 86.6 Å². The molecule has 9 saturated carbocycles. The van der Waals surface area contributed by atoms with Gasteiger partial charge >= 0.3 is 18.0 Å². The number of rotatable bonds is 10. The summed E-state index contributed by atoms with van der Waals surface area (Å²) in [4.78, 5) is 79.6. The summed E-state index contributed by atoms with van der Waals surface area (Å²) in [7, 11) is 0. The molecule has 22 atom stereocenters. The number of non-ortho nitro benzene ring substituents is 1. The number of nitro benzene ring substituents is 1. The SMILES string of the molecule is CC(=O)[C@H]1CCC2C3CCC4=C[C@@H](O)CC[C@]4(C)C3CC[C@@]21C.CC(=O)[C@H]1CCC2C3CCC4=C[C@H](O)CC[C@]4(C)C3CC[C@@]21C.CC(=O)[C@H]1CCC2C3CCC4=C[C@H](OC(=O)[C@@H](N)C(C)C)CC[C@]4(C)C3CC[C@@]21C.Cl.NC(=O)OCC1c2ccccc2-c2ccccc21.O=C(O)c1ccc([N+](=O)[O-])cc1. The van der Waals surface area contributed by atoms with Crippen molar-refractivity contribution >= 4 is 53.5 Å². The molecular formula is C90H124ClN3O13. The van der Waals surface area contributed by atoms with Crippen molar-refractivity contribution in [2.45, 2.75) is 261 Å². The highest BCUT2D eigenvalue weighted by Crippen LogP contribution is 2.70. The van der Waals surface area contributed by atoms with Crippen molar-refractivity contribution in [3.8, 4) is 11.1 Å². The number of halogens is 1. The Kier molecular flexibility index (Phi) is 24.6. The third-order valence-electron chi connectivity index (χ3n) is 31.7. The molecule has 0 radical (unpaired) electrons. The molecule has 0 spiro atoms. The molecule has 9 fully saturated rings. The minimum absolute atomic E-state index is 0. The number of aliphatic hydroxyl groups excluding tert-OH is 2. The van der Waals surface area contributed by atoms with E-state index in [1.54, 1.807) is 18.1 Å². The summed E-state index contributed by atoms with van der Waals surface area (Å²) in [6.07, 6.45) is 33.3. The number of carboxylic acid groups (broad SMARTS) is 1. The van der Waals surface area contributed by atoms with E-state index in [9.17, 15) is 49.1 Å². The van der Waals surface area contributed by atoms with Gasteiger partial charge in [0.2, 0.25) is 0 Å². The van der Waals surface area contributed by atoms with Crippen LogP contribution in [0.3, 0.4) is 0 Å². The molecule has 3 aromatic rings. The normalized spacial score (nSPS) is 37.9. The number of fused-ring (bicyclic) bond motifs is 18. The minimum atomic E-state index is -1.09. The van der Waals surface area contributed by atoms with Crippen molar-refractivity contribution in [3.05, 3.63) is 135 Å². The van der Waals surface area contributed by atoms with Gasteiger partial charge in [0.05, 0.1) is 22.7 Å². The van der Waals surface area contributed by atoms with Crippen LogP contribution >= 0.6 is 12.4 Å². The molecule has 7 N–H and O–H groups in total. The van der Waals surface area contributed by atoms with Gasteiger partial charge in [-0.2, -0.15) is 0 Å². The minimum Gasteiger partial charge on any atom is -0.478 e. The third kappa shape index (κ3) is 15.4. The Morgan fingerprint density at radius 2 is 0.888 bits per heavy atom. The van der Waals surface area contributed by atoms with Gasteiger partial charge in [-0.3, -0.25) is 29.3 Å². The molecule has 17 heteroatoms. The van der Waals surface area contributed by atoms with Gasteiger partial charge in [-0.1, -0.05) is 133 Å².